The van der Waals surface area contributed by atoms with E-state index in [0.29, 0.717) is 12.0 Å². The third-order valence-corrected chi connectivity index (χ3v) is 7.14. The molecule has 5 aliphatic rings. The van der Waals surface area contributed by atoms with Gasteiger partial charge in [0.05, 0.1) is 19.8 Å². The molecule has 1 atom stereocenters. The molecule has 5 rings (SSSR count). The van der Waals surface area contributed by atoms with Crippen LogP contribution in [0.4, 0.5) is 0 Å². The van der Waals surface area contributed by atoms with E-state index in [1.165, 1.54) is 51.9 Å². The maximum absolute atomic E-state index is 11.4. The SMILES string of the molecule is CC(=O)OC(COCCC12CC3CC(CC(C3)C1)C2)CN1CCOCC1. The van der Waals surface area contributed by atoms with Gasteiger partial charge in [0, 0.05) is 33.2 Å². The Morgan fingerprint density at radius 3 is 2.31 bits per heavy atom. The third kappa shape index (κ3) is 4.60. The van der Waals surface area contributed by atoms with Crippen molar-refractivity contribution in [1.82, 2.24) is 4.90 Å². The van der Waals surface area contributed by atoms with Crippen LogP contribution in [0.5, 0.6) is 0 Å². The number of ether oxygens (including phenoxy) is 3. The van der Waals surface area contributed by atoms with Crippen molar-refractivity contribution in [1.29, 1.82) is 0 Å². The standard InChI is InChI=1S/C21H35NO4/c1-16(23)26-20(14-22-3-6-24-7-4-22)15-25-5-2-21-11-17-8-18(12-21)10-19(9-17)13-21/h17-20H,2-15H2,1H3. The monoisotopic (exact) mass is 365 g/mol. The summed E-state index contributed by atoms with van der Waals surface area (Å²) in [6, 6.07) is 0. The highest BCUT2D eigenvalue weighted by Gasteiger charge is 2.50. The van der Waals surface area contributed by atoms with Crippen molar-refractivity contribution in [2.24, 2.45) is 23.2 Å². The Morgan fingerprint density at radius 1 is 1.12 bits per heavy atom. The second kappa shape index (κ2) is 8.15. The largest absolute Gasteiger partial charge is 0.459 e. The summed E-state index contributed by atoms with van der Waals surface area (Å²) in [6.07, 6.45) is 9.82. The summed E-state index contributed by atoms with van der Waals surface area (Å²) in [5, 5.41) is 0. The maximum Gasteiger partial charge on any atom is 0.303 e. The number of hydrogen-bond acceptors (Lipinski definition) is 5. The topological polar surface area (TPSA) is 48.0 Å². The van der Waals surface area contributed by atoms with Crippen LogP contribution in [0, 0.1) is 23.2 Å². The highest BCUT2D eigenvalue weighted by atomic mass is 16.6. The van der Waals surface area contributed by atoms with Crippen LogP contribution in [0.15, 0.2) is 0 Å². The Hall–Kier alpha value is -0.650. The van der Waals surface area contributed by atoms with E-state index in [2.05, 4.69) is 4.90 Å². The fraction of sp³-hybridized carbons (Fsp3) is 0.952. The van der Waals surface area contributed by atoms with Gasteiger partial charge in [0.25, 0.3) is 0 Å². The van der Waals surface area contributed by atoms with Gasteiger partial charge in [0.15, 0.2) is 0 Å². The lowest BCUT2D eigenvalue weighted by Crippen LogP contribution is -2.46. The van der Waals surface area contributed by atoms with Crippen LogP contribution in [0.2, 0.25) is 0 Å². The van der Waals surface area contributed by atoms with Crippen molar-refractivity contribution in [3.05, 3.63) is 0 Å². The van der Waals surface area contributed by atoms with Gasteiger partial charge in [-0.25, -0.2) is 0 Å². The molecule has 0 spiro atoms. The van der Waals surface area contributed by atoms with Gasteiger partial charge in [0.1, 0.15) is 6.10 Å². The second-order valence-corrected chi connectivity index (χ2v) is 9.39. The molecule has 4 aliphatic carbocycles. The van der Waals surface area contributed by atoms with Crippen molar-refractivity contribution in [2.75, 3.05) is 46.1 Å². The molecular weight excluding hydrogens is 330 g/mol. The van der Waals surface area contributed by atoms with Crippen LogP contribution < -0.4 is 0 Å². The lowest BCUT2D eigenvalue weighted by Gasteiger charge is -2.57. The maximum atomic E-state index is 11.4. The summed E-state index contributed by atoms with van der Waals surface area (Å²) in [7, 11) is 0. The number of nitrogens with zero attached hydrogens (tertiary/aromatic N) is 1. The van der Waals surface area contributed by atoms with Crippen LogP contribution in [0.25, 0.3) is 0 Å². The molecule has 1 unspecified atom stereocenters. The minimum Gasteiger partial charge on any atom is -0.459 e. The van der Waals surface area contributed by atoms with Gasteiger partial charge in [-0.1, -0.05) is 0 Å². The molecule has 1 aliphatic heterocycles. The summed E-state index contributed by atoms with van der Waals surface area (Å²) in [4.78, 5) is 13.7. The van der Waals surface area contributed by atoms with Crippen molar-refractivity contribution >= 4 is 5.97 Å². The van der Waals surface area contributed by atoms with Gasteiger partial charge in [-0.2, -0.15) is 0 Å². The molecule has 1 heterocycles. The predicted octanol–water partition coefficient (Wildman–Crippen LogP) is 2.87. The zero-order chi connectivity index (χ0) is 18.0. The van der Waals surface area contributed by atoms with E-state index in [1.54, 1.807) is 0 Å². The highest BCUT2D eigenvalue weighted by molar-refractivity contribution is 5.66. The smallest absolute Gasteiger partial charge is 0.303 e. The minimum atomic E-state index is -0.215. The lowest BCUT2D eigenvalue weighted by molar-refractivity contribution is -0.151. The zero-order valence-electron chi connectivity index (χ0n) is 16.3. The molecule has 4 saturated carbocycles. The molecule has 1 saturated heterocycles. The molecule has 0 aromatic heterocycles. The highest BCUT2D eigenvalue weighted by Crippen LogP contribution is 2.61. The number of carbonyl (C=O) groups excluding carboxylic acids is 1. The van der Waals surface area contributed by atoms with Gasteiger partial charge in [-0.15, -0.1) is 0 Å². The predicted molar refractivity (Wildman–Crippen MR) is 98.9 cm³/mol. The number of morpholine rings is 1. The normalized spacial score (nSPS) is 37.7. The van der Waals surface area contributed by atoms with Crippen LogP contribution in [-0.2, 0) is 19.0 Å². The molecule has 0 aromatic carbocycles. The Morgan fingerprint density at radius 2 is 1.73 bits per heavy atom. The van der Waals surface area contributed by atoms with Gasteiger partial charge < -0.3 is 14.2 Å². The average molecular weight is 366 g/mol. The molecule has 5 heteroatoms. The van der Waals surface area contributed by atoms with Crippen LogP contribution in [0.1, 0.15) is 51.9 Å². The molecule has 5 nitrogen and oxygen atoms in total. The number of rotatable bonds is 8. The Bertz CT molecular complexity index is 453. The third-order valence-electron chi connectivity index (χ3n) is 7.14. The van der Waals surface area contributed by atoms with Gasteiger partial charge in [0.2, 0.25) is 0 Å². The summed E-state index contributed by atoms with van der Waals surface area (Å²) < 4.78 is 16.9. The van der Waals surface area contributed by atoms with Crippen molar-refractivity contribution in [2.45, 2.75) is 58.0 Å². The van der Waals surface area contributed by atoms with E-state index in [9.17, 15) is 4.79 Å². The molecule has 5 fully saturated rings. The average Bonchev–Trinajstić information content (AvgIpc) is 2.58. The molecule has 4 bridgehead atoms. The van der Waals surface area contributed by atoms with E-state index in [-0.39, 0.29) is 12.1 Å². The molecule has 0 amide bonds. The van der Waals surface area contributed by atoms with Gasteiger partial charge in [-0.3, -0.25) is 9.69 Å². The van der Waals surface area contributed by atoms with E-state index in [0.717, 1.165) is 57.2 Å². The molecule has 26 heavy (non-hydrogen) atoms. The lowest BCUT2D eigenvalue weighted by atomic mass is 9.49. The quantitative estimate of drug-likeness (QED) is 0.489. The first kappa shape index (κ1) is 18.7. The summed E-state index contributed by atoms with van der Waals surface area (Å²) in [5.41, 5.74) is 0.565. The Balaban J connectivity index is 1.22. The van der Waals surface area contributed by atoms with Gasteiger partial charge >= 0.3 is 5.97 Å². The van der Waals surface area contributed by atoms with E-state index in [1.807, 2.05) is 0 Å². The second-order valence-electron chi connectivity index (χ2n) is 9.39. The van der Waals surface area contributed by atoms with E-state index >= 15 is 0 Å². The minimum absolute atomic E-state index is 0.165. The Kier molecular flexibility index (Phi) is 5.87. The fourth-order valence-corrected chi connectivity index (χ4v) is 6.53. The van der Waals surface area contributed by atoms with Crippen molar-refractivity contribution < 1.29 is 19.0 Å². The van der Waals surface area contributed by atoms with Crippen LogP contribution in [-0.4, -0.2) is 63.0 Å². The fourth-order valence-electron chi connectivity index (χ4n) is 6.53. The van der Waals surface area contributed by atoms with E-state index in [4.69, 9.17) is 14.2 Å². The number of carbonyl (C=O) groups is 1. The van der Waals surface area contributed by atoms with Gasteiger partial charge in [-0.05, 0) is 68.1 Å². The molecule has 0 N–H and O–H groups in total. The van der Waals surface area contributed by atoms with Crippen LogP contribution in [0.3, 0.4) is 0 Å². The first-order valence-corrected chi connectivity index (χ1v) is 10.7. The summed E-state index contributed by atoms with van der Waals surface area (Å²) >= 11 is 0. The molecule has 0 aromatic rings. The Labute approximate surface area is 157 Å². The van der Waals surface area contributed by atoms with Crippen molar-refractivity contribution in [3.8, 4) is 0 Å². The summed E-state index contributed by atoms with van der Waals surface area (Å²) in [5.74, 6) is 2.78. The van der Waals surface area contributed by atoms with Crippen molar-refractivity contribution in [3.63, 3.8) is 0 Å². The first-order chi connectivity index (χ1) is 12.6. The van der Waals surface area contributed by atoms with E-state index < -0.39 is 0 Å². The zero-order valence-corrected chi connectivity index (χ0v) is 16.3. The molecule has 0 radical (unpaired) electrons. The molecular formula is C21H35NO4. The van der Waals surface area contributed by atoms with Crippen LogP contribution >= 0.6 is 0 Å². The number of esters is 1. The number of hydrogen-bond donors (Lipinski definition) is 0. The molecule has 148 valence electrons. The first-order valence-electron chi connectivity index (χ1n) is 10.7. The summed E-state index contributed by atoms with van der Waals surface area (Å²) in [6.45, 7) is 6.91.